The quantitative estimate of drug-likeness (QED) is 0.908. The zero-order valence-electron chi connectivity index (χ0n) is 11.8. The average molecular weight is 343 g/mol. The van der Waals surface area contributed by atoms with Crippen molar-refractivity contribution in [3.63, 3.8) is 0 Å². The van der Waals surface area contributed by atoms with Crippen molar-refractivity contribution in [3.8, 4) is 0 Å². The van der Waals surface area contributed by atoms with Crippen LogP contribution in [0.2, 0.25) is 0 Å². The predicted octanol–water partition coefficient (Wildman–Crippen LogP) is 3.66. The second kappa shape index (κ2) is 6.61. The predicted molar refractivity (Wildman–Crippen MR) is 88.6 cm³/mol. The lowest BCUT2D eigenvalue weighted by atomic mass is 9.98. The first-order valence-corrected chi connectivity index (χ1v) is 8.62. The fraction of sp³-hybridized carbons (Fsp3) is 0.600. The van der Waals surface area contributed by atoms with Gasteiger partial charge in [0.1, 0.15) is 0 Å². The Balaban J connectivity index is 2.28. The molecule has 2 nitrogen and oxygen atoms in total. The number of benzene rings is 1. The fourth-order valence-electron chi connectivity index (χ4n) is 2.97. The van der Waals surface area contributed by atoms with Crippen molar-refractivity contribution in [2.75, 3.05) is 13.1 Å². The van der Waals surface area contributed by atoms with Crippen LogP contribution in [0.15, 0.2) is 28.7 Å². The first kappa shape index (κ1) is 15.4. The van der Waals surface area contributed by atoms with E-state index >= 15 is 0 Å². The highest BCUT2D eigenvalue weighted by molar-refractivity contribution is 9.10. The maximum absolute atomic E-state index is 6.29. The molecule has 1 aliphatic heterocycles. The fourth-order valence-corrected chi connectivity index (χ4v) is 4.84. The molecule has 1 heterocycles. The van der Waals surface area contributed by atoms with Gasteiger partial charge in [-0.3, -0.25) is 4.90 Å². The van der Waals surface area contributed by atoms with Gasteiger partial charge < -0.3 is 5.73 Å². The van der Waals surface area contributed by atoms with Crippen LogP contribution >= 0.6 is 27.7 Å². The molecule has 0 aliphatic carbocycles. The lowest BCUT2D eigenvalue weighted by molar-refractivity contribution is 0.174. The molecule has 1 aromatic rings. The van der Waals surface area contributed by atoms with Crippen molar-refractivity contribution in [3.05, 3.63) is 34.3 Å². The topological polar surface area (TPSA) is 29.3 Å². The summed E-state index contributed by atoms with van der Waals surface area (Å²) in [6.45, 7) is 8.96. The first-order valence-electron chi connectivity index (χ1n) is 6.88. The Bertz CT molecular complexity index is 414. The van der Waals surface area contributed by atoms with E-state index in [9.17, 15) is 0 Å². The minimum Gasteiger partial charge on any atom is -0.326 e. The minimum atomic E-state index is 0.126. The molecule has 4 unspecified atom stereocenters. The third kappa shape index (κ3) is 3.75. The van der Waals surface area contributed by atoms with Crippen LogP contribution in [-0.2, 0) is 0 Å². The molecule has 1 saturated heterocycles. The van der Waals surface area contributed by atoms with E-state index < -0.39 is 0 Å². The Kier molecular flexibility index (Phi) is 5.35. The second-order valence-corrected chi connectivity index (χ2v) is 8.27. The molecule has 0 radical (unpaired) electrons. The molecule has 19 heavy (non-hydrogen) atoms. The van der Waals surface area contributed by atoms with E-state index in [1.165, 1.54) is 5.56 Å². The largest absolute Gasteiger partial charge is 0.326 e. The minimum absolute atomic E-state index is 0.126. The number of thioether (sulfide) groups is 1. The molecule has 2 rings (SSSR count). The Morgan fingerprint density at radius 3 is 2.37 bits per heavy atom. The summed E-state index contributed by atoms with van der Waals surface area (Å²) in [6, 6.07) is 8.87. The Morgan fingerprint density at radius 2 is 1.84 bits per heavy atom. The van der Waals surface area contributed by atoms with Crippen LogP contribution in [0.25, 0.3) is 0 Å². The van der Waals surface area contributed by atoms with Crippen LogP contribution in [0, 0.1) is 0 Å². The third-order valence-corrected chi connectivity index (χ3v) is 5.51. The Hall–Kier alpha value is -0.0300. The number of rotatable bonds is 3. The van der Waals surface area contributed by atoms with Crippen LogP contribution in [0.3, 0.4) is 0 Å². The van der Waals surface area contributed by atoms with E-state index in [0.717, 1.165) is 17.6 Å². The van der Waals surface area contributed by atoms with E-state index in [2.05, 4.69) is 77.6 Å². The number of halogens is 1. The van der Waals surface area contributed by atoms with Gasteiger partial charge in [-0.25, -0.2) is 0 Å². The van der Waals surface area contributed by atoms with Crippen molar-refractivity contribution in [2.45, 2.75) is 43.4 Å². The molecule has 0 amide bonds. The van der Waals surface area contributed by atoms with Gasteiger partial charge in [-0.15, -0.1) is 0 Å². The molecular weight excluding hydrogens is 320 g/mol. The lowest BCUT2D eigenvalue weighted by Gasteiger charge is -2.41. The van der Waals surface area contributed by atoms with Crippen molar-refractivity contribution in [1.29, 1.82) is 0 Å². The Morgan fingerprint density at radius 1 is 1.26 bits per heavy atom. The van der Waals surface area contributed by atoms with Crippen LogP contribution < -0.4 is 5.73 Å². The summed E-state index contributed by atoms with van der Waals surface area (Å²) in [6.07, 6.45) is 0. The number of nitrogens with two attached hydrogens (primary N) is 1. The SMILES string of the molecule is CC1CN(C(c2ccccc2Br)C(C)N)CC(C)S1. The van der Waals surface area contributed by atoms with Gasteiger partial charge in [0, 0.05) is 34.1 Å². The van der Waals surface area contributed by atoms with Gasteiger partial charge in [-0.2, -0.15) is 11.8 Å². The van der Waals surface area contributed by atoms with Crippen molar-refractivity contribution >= 4 is 27.7 Å². The maximum Gasteiger partial charge on any atom is 0.0508 e. The van der Waals surface area contributed by atoms with E-state index in [1.807, 2.05) is 0 Å². The number of hydrogen-bond acceptors (Lipinski definition) is 3. The van der Waals surface area contributed by atoms with E-state index in [0.29, 0.717) is 16.5 Å². The van der Waals surface area contributed by atoms with Gasteiger partial charge in [0.15, 0.2) is 0 Å². The van der Waals surface area contributed by atoms with Crippen LogP contribution in [0.5, 0.6) is 0 Å². The highest BCUT2D eigenvalue weighted by Gasteiger charge is 2.31. The van der Waals surface area contributed by atoms with Gasteiger partial charge in [0.25, 0.3) is 0 Å². The van der Waals surface area contributed by atoms with E-state index in [-0.39, 0.29) is 6.04 Å². The maximum atomic E-state index is 6.29. The van der Waals surface area contributed by atoms with Crippen LogP contribution in [0.4, 0.5) is 0 Å². The monoisotopic (exact) mass is 342 g/mol. The Labute approximate surface area is 129 Å². The summed E-state index contributed by atoms with van der Waals surface area (Å²) >= 11 is 5.75. The van der Waals surface area contributed by atoms with Crippen molar-refractivity contribution in [1.82, 2.24) is 4.90 Å². The first-order chi connectivity index (χ1) is 8.99. The molecule has 4 atom stereocenters. The molecule has 4 heteroatoms. The zero-order chi connectivity index (χ0) is 14.0. The average Bonchev–Trinajstić information content (AvgIpc) is 2.30. The highest BCUT2D eigenvalue weighted by Crippen LogP contribution is 2.35. The van der Waals surface area contributed by atoms with Crippen LogP contribution in [0.1, 0.15) is 32.4 Å². The van der Waals surface area contributed by atoms with Gasteiger partial charge >= 0.3 is 0 Å². The highest BCUT2D eigenvalue weighted by atomic mass is 79.9. The van der Waals surface area contributed by atoms with Gasteiger partial charge in [-0.05, 0) is 18.6 Å². The molecule has 0 aromatic heterocycles. The van der Waals surface area contributed by atoms with Gasteiger partial charge in [0.05, 0.1) is 6.04 Å². The summed E-state index contributed by atoms with van der Waals surface area (Å²) in [5, 5.41) is 1.35. The summed E-state index contributed by atoms with van der Waals surface area (Å²) in [5.41, 5.74) is 7.60. The van der Waals surface area contributed by atoms with Crippen molar-refractivity contribution in [2.24, 2.45) is 5.73 Å². The number of nitrogens with zero attached hydrogens (tertiary/aromatic N) is 1. The molecule has 0 bridgehead atoms. The normalized spacial score (nSPS) is 28.1. The standard InChI is InChI=1S/C15H23BrN2S/c1-10-8-18(9-11(2)19-10)15(12(3)17)13-6-4-5-7-14(13)16/h4-7,10-12,15H,8-9,17H2,1-3H3. The molecule has 0 saturated carbocycles. The van der Waals surface area contributed by atoms with E-state index in [1.54, 1.807) is 0 Å². The molecule has 2 N–H and O–H groups in total. The molecule has 1 aromatic carbocycles. The van der Waals surface area contributed by atoms with E-state index in [4.69, 9.17) is 5.73 Å². The van der Waals surface area contributed by atoms with Gasteiger partial charge in [-0.1, -0.05) is 48.0 Å². The lowest BCUT2D eigenvalue weighted by Crippen LogP contribution is -2.47. The van der Waals surface area contributed by atoms with Crippen molar-refractivity contribution < 1.29 is 0 Å². The summed E-state index contributed by atoms with van der Waals surface area (Å²) in [7, 11) is 0. The molecule has 106 valence electrons. The summed E-state index contributed by atoms with van der Waals surface area (Å²) in [4.78, 5) is 2.55. The van der Waals surface area contributed by atoms with Gasteiger partial charge in [0.2, 0.25) is 0 Å². The smallest absolute Gasteiger partial charge is 0.0508 e. The molecule has 1 aliphatic rings. The molecule has 1 fully saturated rings. The summed E-state index contributed by atoms with van der Waals surface area (Å²) in [5.74, 6) is 0. The summed E-state index contributed by atoms with van der Waals surface area (Å²) < 4.78 is 1.16. The molecule has 0 spiro atoms. The number of hydrogen-bond donors (Lipinski definition) is 1. The van der Waals surface area contributed by atoms with Crippen LogP contribution in [-0.4, -0.2) is 34.5 Å². The second-order valence-electron chi connectivity index (χ2n) is 5.54. The third-order valence-electron chi connectivity index (χ3n) is 3.56. The zero-order valence-corrected chi connectivity index (χ0v) is 14.2. The molecular formula is C15H23BrN2S.